The van der Waals surface area contributed by atoms with Gasteiger partial charge in [0.05, 0.1) is 23.4 Å². The smallest absolute Gasteiger partial charge is 0.295 e. The molecule has 0 amide bonds. The summed E-state index contributed by atoms with van der Waals surface area (Å²) in [6.07, 6.45) is 0. The lowest BCUT2D eigenvalue weighted by atomic mass is 10.1. The third-order valence-electron chi connectivity index (χ3n) is 5.34. The van der Waals surface area contributed by atoms with Crippen molar-refractivity contribution in [1.29, 1.82) is 0 Å². The van der Waals surface area contributed by atoms with Gasteiger partial charge in [-0.05, 0) is 41.9 Å². The second kappa shape index (κ2) is 20.8. The predicted octanol–water partition coefficient (Wildman–Crippen LogP) is 10.8. The minimum absolute atomic E-state index is 0. The average molecular weight is 744 g/mol. The Morgan fingerprint density at radius 3 is 1.55 bits per heavy atom. The van der Waals surface area contributed by atoms with Gasteiger partial charge in [-0.1, -0.05) is 106 Å². The number of alkyl halides is 1. The molecule has 0 heterocycles. The summed E-state index contributed by atoms with van der Waals surface area (Å²) < 4.78 is 16.9. The van der Waals surface area contributed by atoms with E-state index in [9.17, 15) is 24.6 Å². The molecule has 0 aliphatic heterocycles. The van der Waals surface area contributed by atoms with Crippen molar-refractivity contribution in [3.63, 3.8) is 0 Å². The molecular formula is C30H48Br2ClFN4O4. The number of nitro groups is 2. The molecule has 12 heteroatoms. The summed E-state index contributed by atoms with van der Waals surface area (Å²) in [5, 5.41) is 22.9. The Labute approximate surface area is 275 Å². The van der Waals surface area contributed by atoms with Crippen LogP contribution in [0.3, 0.4) is 0 Å². The van der Waals surface area contributed by atoms with Gasteiger partial charge in [-0.3, -0.25) is 24.6 Å². The van der Waals surface area contributed by atoms with Gasteiger partial charge in [-0.15, -0.1) is 0 Å². The molecule has 0 aliphatic rings. The predicted molar refractivity (Wildman–Crippen MR) is 184 cm³/mol. The number of hydrogen-bond donors (Lipinski definition) is 0. The summed E-state index contributed by atoms with van der Waals surface area (Å²) in [7, 11) is -1.00. The summed E-state index contributed by atoms with van der Waals surface area (Å²) in [5.74, 6) is 1.71. The van der Waals surface area contributed by atoms with Crippen LogP contribution in [0.2, 0.25) is 5.02 Å². The standard InChI is InChI=1S/C14H20BrClN2O2.C14H21BrN2O2.CH3F.CH4/c1-9(2)7-17(8-10(3)4)14-12(16)5-11(15)6-13(14)18(19)20;1-10(2)8-16(9-11(3)4)13-6-5-12(15)7-14(13)17(18)19;1-2;/h5-6,9-10H,7-8H2,1-4H3;5-7,10-11H,8-9H2,1-4H3;1H3;1H4/i;;1D;. The Kier molecular flexibility index (Phi) is 19.9. The quantitative estimate of drug-likeness (QED) is 0.159. The summed E-state index contributed by atoms with van der Waals surface area (Å²) in [6.45, 7) is 20.0. The highest BCUT2D eigenvalue weighted by Gasteiger charge is 2.25. The zero-order valence-corrected chi connectivity index (χ0v) is 29.1. The summed E-state index contributed by atoms with van der Waals surface area (Å²) in [6, 6.07) is 8.47. The van der Waals surface area contributed by atoms with Crippen molar-refractivity contribution in [2.75, 3.05) is 43.1 Å². The fourth-order valence-corrected chi connectivity index (χ4v) is 5.47. The molecule has 0 bridgehead atoms. The zero-order chi connectivity index (χ0) is 32.7. The van der Waals surface area contributed by atoms with Gasteiger partial charge in [0.1, 0.15) is 11.4 Å². The van der Waals surface area contributed by atoms with E-state index in [1.807, 2.05) is 17.0 Å². The monoisotopic (exact) mass is 741 g/mol. The van der Waals surface area contributed by atoms with Crippen molar-refractivity contribution in [2.24, 2.45) is 23.7 Å². The molecule has 0 saturated heterocycles. The normalized spacial score (nSPS) is 10.8. The SMILES string of the molecule is C.CC(C)CN(CC(C)C)c1c(Cl)cc(Br)cc1[N+](=O)[O-].CC(C)CN(CC(C)C)c1ccc(Br)cc1[N+](=O)[O-].[2H]CF. The van der Waals surface area contributed by atoms with E-state index >= 15 is 0 Å². The first-order valence-electron chi connectivity index (χ1n) is 14.1. The Morgan fingerprint density at radius 2 is 1.17 bits per heavy atom. The third-order valence-corrected chi connectivity index (χ3v) is 6.58. The molecule has 0 spiro atoms. The van der Waals surface area contributed by atoms with E-state index in [2.05, 4.69) is 92.1 Å². The first-order valence-corrected chi connectivity index (χ1v) is 15.3. The zero-order valence-electron chi connectivity index (χ0n) is 26.2. The topological polar surface area (TPSA) is 92.8 Å². The molecule has 2 rings (SSSR count). The molecule has 42 heavy (non-hydrogen) atoms. The van der Waals surface area contributed by atoms with Crippen LogP contribution >= 0.6 is 43.5 Å². The number of anilines is 2. The first kappa shape index (κ1) is 40.0. The first-order chi connectivity index (χ1) is 19.4. The van der Waals surface area contributed by atoms with Crippen LogP contribution in [-0.2, 0) is 0 Å². The maximum absolute atomic E-state index is 11.3. The lowest BCUT2D eigenvalue weighted by molar-refractivity contribution is -0.384. The van der Waals surface area contributed by atoms with Gasteiger partial charge >= 0.3 is 0 Å². The molecule has 0 atom stereocenters. The van der Waals surface area contributed by atoms with Gasteiger partial charge in [0, 0.05) is 47.3 Å². The molecule has 0 aromatic heterocycles. The van der Waals surface area contributed by atoms with E-state index < -0.39 is 7.15 Å². The Morgan fingerprint density at radius 1 is 0.786 bits per heavy atom. The van der Waals surface area contributed by atoms with Crippen molar-refractivity contribution < 1.29 is 15.6 Å². The van der Waals surface area contributed by atoms with Crippen LogP contribution in [0, 0.1) is 43.9 Å². The van der Waals surface area contributed by atoms with E-state index in [4.69, 9.17) is 13.0 Å². The molecule has 240 valence electrons. The Hall–Kier alpha value is -1.98. The summed E-state index contributed by atoms with van der Waals surface area (Å²) in [5.41, 5.74) is 1.43. The van der Waals surface area contributed by atoms with Crippen LogP contribution in [0.15, 0.2) is 39.3 Å². The van der Waals surface area contributed by atoms with Gasteiger partial charge in [-0.25, -0.2) is 0 Å². The summed E-state index contributed by atoms with van der Waals surface area (Å²) >= 11 is 12.8. The fourth-order valence-electron chi connectivity index (χ4n) is 4.21. The van der Waals surface area contributed by atoms with Crippen molar-refractivity contribution in [2.45, 2.75) is 62.8 Å². The van der Waals surface area contributed by atoms with E-state index in [1.165, 1.54) is 6.07 Å². The van der Waals surface area contributed by atoms with Gasteiger partial charge in [-0.2, -0.15) is 0 Å². The van der Waals surface area contributed by atoms with Gasteiger partial charge < -0.3 is 9.80 Å². The van der Waals surface area contributed by atoms with Crippen LogP contribution in [0.4, 0.5) is 27.1 Å². The second-order valence-corrected chi connectivity index (χ2v) is 13.5. The van der Waals surface area contributed by atoms with Crippen molar-refractivity contribution in [3.05, 3.63) is 64.5 Å². The van der Waals surface area contributed by atoms with Crippen molar-refractivity contribution in [3.8, 4) is 0 Å². The maximum atomic E-state index is 11.3. The molecule has 0 radical (unpaired) electrons. The maximum Gasteiger partial charge on any atom is 0.295 e. The molecular weight excluding hydrogens is 695 g/mol. The minimum atomic E-state index is -1.00. The number of benzene rings is 2. The van der Waals surface area contributed by atoms with Crippen LogP contribution in [0.5, 0.6) is 0 Å². The average Bonchev–Trinajstić information content (AvgIpc) is 2.82. The van der Waals surface area contributed by atoms with E-state index in [-0.39, 0.29) is 28.6 Å². The third kappa shape index (κ3) is 15.0. The molecule has 2 aromatic rings. The number of halogens is 4. The molecule has 0 unspecified atom stereocenters. The number of hydrogen-bond acceptors (Lipinski definition) is 6. The number of nitrogens with zero attached hydrogens (tertiary/aromatic N) is 4. The number of rotatable bonds is 12. The number of nitro benzene ring substituents is 2. The van der Waals surface area contributed by atoms with Gasteiger partial charge in [0.2, 0.25) is 0 Å². The highest BCUT2D eigenvalue weighted by atomic mass is 79.9. The van der Waals surface area contributed by atoms with Crippen LogP contribution in [0.1, 0.15) is 64.2 Å². The highest BCUT2D eigenvalue weighted by molar-refractivity contribution is 9.10. The van der Waals surface area contributed by atoms with E-state index in [0.29, 0.717) is 44.5 Å². The van der Waals surface area contributed by atoms with Crippen LogP contribution in [0.25, 0.3) is 0 Å². The molecule has 0 N–H and O–H groups in total. The molecule has 0 fully saturated rings. The Bertz CT molecular complexity index is 1120. The van der Waals surface area contributed by atoms with Gasteiger partial charge in [0.25, 0.3) is 11.4 Å². The minimum Gasteiger partial charge on any atom is -0.365 e. The lowest BCUT2D eigenvalue weighted by Gasteiger charge is -2.29. The summed E-state index contributed by atoms with van der Waals surface area (Å²) in [4.78, 5) is 25.9. The molecule has 0 saturated carbocycles. The molecule has 0 aliphatic carbocycles. The van der Waals surface area contributed by atoms with E-state index in [0.717, 1.165) is 30.7 Å². The molecule has 2 aromatic carbocycles. The van der Waals surface area contributed by atoms with Crippen LogP contribution in [-0.4, -0.2) is 43.2 Å². The van der Waals surface area contributed by atoms with Crippen molar-refractivity contribution in [1.82, 2.24) is 0 Å². The lowest BCUT2D eigenvalue weighted by Crippen LogP contribution is -2.32. The Balaban J connectivity index is 0. The molecule has 8 nitrogen and oxygen atoms in total. The second-order valence-electron chi connectivity index (χ2n) is 11.3. The van der Waals surface area contributed by atoms with Gasteiger partial charge in [0.15, 0.2) is 0 Å². The fraction of sp³-hybridized carbons (Fsp3) is 0.600. The highest BCUT2D eigenvalue weighted by Crippen LogP contribution is 2.39. The van der Waals surface area contributed by atoms with Crippen LogP contribution < -0.4 is 9.80 Å². The largest absolute Gasteiger partial charge is 0.365 e. The van der Waals surface area contributed by atoms with Crippen molar-refractivity contribution >= 4 is 66.2 Å². The van der Waals surface area contributed by atoms with E-state index in [1.54, 1.807) is 12.1 Å².